The van der Waals surface area contributed by atoms with Crippen LogP contribution in [0, 0.1) is 6.92 Å². The standard InChI is InChI=1S/C21H20ClN3OS/c1-14-12-18(25-10-2-3-11-25)9-4-15(14)13-19-20(26)24-21(27-19)23-17-7-5-16(22)6-8-17/h4-9,12-13H,2-3,10-11H2,1H3,(H,23,24,26)/b19-13-. The van der Waals surface area contributed by atoms with Crippen molar-refractivity contribution in [2.24, 2.45) is 4.99 Å². The summed E-state index contributed by atoms with van der Waals surface area (Å²) in [6.07, 6.45) is 4.46. The summed E-state index contributed by atoms with van der Waals surface area (Å²) in [5, 5.41) is 4.07. The van der Waals surface area contributed by atoms with E-state index in [0.717, 1.165) is 24.3 Å². The second kappa shape index (κ2) is 7.79. The fraction of sp³-hybridized carbons (Fsp3) is 0.238. The summed E-state index contributed by atoms with van der Waals surface area (Å²) in [4.78, 5) is 19.8. The van der Waals surface area contributed by atoms with Gasteiger partial charge in [-0.2, -0.15) is 0 Å². The van der Waals surface area contributed by atoms with Crippen LogP contribution in [0.3, 0.4) is 0 Å². The number of halogens is 1. The van der Waals surface area contributed by atoms with Crippen molar-refractivity contribution in [3.63, 3.8) is 0 Å². The molecule has 2 aromatic rings. The maximum absolute atomic E-state index is 12.3. The number of anilines is 1. The van der Waals surface area contributed by atoms with E-state index >= 15 is 0 Å². The third-order valence-corrected chi connectivity index (χ3v) is 5.88. The topological polar surface area (TPSA) is 44.7 Å². The van der Waals surface area contributed by atoms with Crippen LogP contribution in [0.25, 0.3) is 6.08 Å². The van der Waals surface area contributed by atoms with Crippen LogP contribution in [-0.2, 0) is 4.79 Å². The molecule has 0 aromatic heterocycles. The zero-order valence-electron chi connectivity index (χ0n) is 15.0. The van der Waals surface area contributed by atoms with Crippen LogP contribution in [0.5, 0.6) is 0 Å². The van der Waals surface area contributed by atoms with Gasteiger partial charge >= 0.3 is 0 Å². The monoisotopic (exact) mass is 397 g/mol. The Morgan fingerprint density at radius 3 is 2.59 bits per heavy atom. The third kappa shape index (κ3) is 4.20. The van der Waals surface area contributed by atoms with Gasteiger partial charge in [0, 0.05) is 23.8 Å². The molecule has 0 aliphatic carbocycles. The Bertz CT molecular complexity index is 931. The number of amides is 1. The second-order valence-corrected chi connectivity index (χ2v) is 8.16. The Morgan fingerprint density at radius 2 is 1.89 bits per heavy atom. The molecule has 2 aliphatic heterocycles. The van der Waals surface area contributed by atoms with Crippen LogP contribution in [0.2, 0.25) is 5.02 Å². The van der Waals surface area contributed by atoms with Crippen molar-refractivity contribution in [1.82, 2.24) is 5.32 Å². The smallest absolute Gasteiger partial charge is 0.264 e. The molecule has 0 radical (unpaired) electrons. The minimum atomic E-state index is -0.115. The van der Waals surface area contributed by atoms with Crippen LogP contribution in [0.1, 0.15) is 24.0 Å². The second-order valence-electron chi connectivity index (χ2n) is 6.69. The van der Waals surface area contributed by atoms with Crippen LogP contribution >= 0.6 is 23.4 Å². The molecular formula is C21H20ClN3OS. The van der Waals surface area contributed by atoms with E-state index in [0.29, 0.717) is 15.1 Å². The van der Waals surface area contributed by atoms with Crippen LogP contribution in [0.15, 0.2) is 52.4 Å². The van der Waals surface area contributed by atoms with E-state index in [1.54, 1.807) is 12.1 Å². The zero-order chi connectivity index (χ0) is 18.8. The van der Waals surface area contributed by atoms with Gasteiger partial charge < -0.3 is 10.2 Å². The molecule has 2 aromatic carbocycles. The molecule has 0 bridgehead atoms. The van der Waals surface area contributed by atoms with Gasteiger partial charge in [0.25, 0.3) is 5.91 Å². The number of aliphatic imine (C=N–C) groups is 1. The fourth-order valence-corrected chi connectivity index (χ4v) is 4.21. The number of thioether (sulfide) groups is 1. The number of nitrogens with one attached hydrogen (secondary N) is 1. The molecule has 0 unspecified atom stereocenters. The Labute approximate surface area is 168 Å². The van der Waals surface area contributed by atoms with E-state index in [1.165, 1.54) is 35.9 Å². The predicted octanol–water partition coefficient (Wildman–Crippen LogP) is 5.14. The largest absolute Gasteiger partial charge is 0.372 e. The van der Waals surface area contributed by atoms with Crippen LogP contribution < -0.4 is 10.2 Å². The van der Waals surface area contributed by atoms with Crippen molar-refractivity contribution in [3.05, 3.63) is 63.5 Å². The third-order valence-electron chi connectivity index (χ3n) is 4.72. The van der Waals surface area contributed by atoms with Crippen molar-refractivity contribution < 1.29 is 4.79 Å². The molecule has 2 aliphatic rings. The summed E-state index contributed by atoms with van der Waals surface area (Å²) in [7, 11) is 0. The Kier molecular flexibility index (Phi) is 5.23. The number of nitrogens with zero attached hydrogens (tertiary/aromatic N) is 2. The molecule has 1 N–H and O–H groups in total. The molecule has 0 saturated carbocycles. The lowest BCUT2D eigenvalue weighted by molar-refractivity contribution is -0.115. The Balaban J connectivity index is 1.53. The lowest BCUT2D eigenvalue weighted by atomic mass is 10.1. The van der Waals surface area contributed by atoms with Crippen molar-refractivity contribution in [2.75, 3.05) is 18.0 Å². The highest BCUT2D eigenvalue weighted by molar-refractivity contribution is 8.18. The number of rotatable bonds is 3. The van der Waals surface area contributed by atoms with Crippen molar-refractivity contribution in [1.29, 1.82) is 0 Å². The van der Waals surface area contributed by atoms with E-state index in [9.17, 15) is 4.79 Å². The molecule has 0 atom stereocenters. The van der Waals surface area contributed by atoms with E-state index in [2.05, 4.69) is 40.3 Å². The summed E-state index contributed by atoms with van der Waals surface area (Å²) in [5.74, 6) is -0.115. The molecule has 2 fully saturated rings. The number of hydrogen-bond acceptors (Lipinski definition) is 4. The minimum Gasteiger partial charge on any atom is -0.372 e. The fourth-order valence-electron chi connectivity index (χ4n) is 3.25. The maximum atomic E-state index is 12.3. The highest BCUT2D eigenvalue weighted by Gasteiger charge is 2.24. The van der Waals surface area contributed by atoms with Crippen molar-refractivity contribution in [3.8, 4) is 0 Å². The molecule has 4 nitrogen and oxygen atoms in total. The number of hydrogen-bond donors (Lipinski definition) is 1. The van der Waals surface area contributed by atoms with Gasteiger partial charge in [0.1, 0.15) is 0 Å². The molecule has 1 amide bonds. The molecule has 6 heteroatoms. The highest BCUT2D eigenvalue weighted by Crippen LogP contribution is 2.30. The highest BCUT2D eigenvalue weighted by atomic mass is 35.5. The van der Waals surface area contributed by atoms with Gasteiger partial charge in [-0.25, -0.2) is 4.99 Å². The van der Waals surface area contributed by atoms with Gasteiger partial charge in [-0.3, -0.25) is 4.79 Å². The molecular weight excluding hydrogens is 378 g/mol. The minimum absolute atomic E-state index is 0.115. The van der Waals surface area contributed by atoms with E-state index in [1.807, 2.05) is 18.2 Å². The lowest BCUT2D eigenvalue weighted by Crippen LogP contribution is -2.19. The average molecular weight is 398 g/mol. The first-order valence-corrected chi connectivity index (χ1v) is 10.2. The predicted molar refractivity (Wildman–Crippen MR) is 115 cm³/mol. The van der Waals surface area contributed by atoms with Gasteiger partial charge in [-0.1, -0.05) is 17.7 Å². The van der Waals surface area contributed by atoms with Crippen molar-refractivity contribution >= 4 is 51.9 Å². The summed E-state index contributed by atoms with van der Waals surface area (Å²) in [5.41, 5.74) is 4.25. The van der Waals surface area contributed by atoms with Crippen LogP contribution in [0.4, 0.5) is 11.4 Å². The van der Waals surface area contributed by atoms with Gasteiger partial charge in [-0.15, -0.1) is 0 Å². The van der Waals surface area contributed by atoms with Gasteiger partial charge in [0.05, 0.1) is 10.6 Å². The van der Waals surface area contributed by atoms with Crippen molar-refractivity contribution in [2.45, 2.75) is 19.8 Å². The lowest BCUT2D eigenvalue weighted by Gasteiger charge is -2.18. The normalized spacial score (nSPS) is 19.9. The first kappa shape index (κ1) is 18.1. The summed E-state index contributed by atoms with van der Waals surface area (Å²) in [6, 6.07) is 13.7. The molecule has 2 saturated heterocycles. The molecule has 27 heavy (non-hydrogen) atoms. The molecule has 2 heterocycles. The number of benzene rings is 2. The van der Waals surface area contributed by atoms with Crippen LogP contribution in [-0.4, -0.2) is 24.2 Å². The first-order valence-electron chi connectivity index (χ1n) is 8.99. The average Bonchev–Trinajstić information content (AvgIpc) is 3.29. The van der Waals surface area contributed by atoms with E-state index in [-0.39, 0.29) is 5.91 Å². The first-order chi connectivity index (χ1) is 13.1. The zero-order valence-corrected chi connectivity index (χ0v) is 16.6. The quantitative estimate of drug-likeness (QED) is 0.729. The molecule has 138 valence electrons. The molecule has 0 spiro atoms. The summed E-state index contributed by atoms with van der Waals surface area (Å²) >= 11 is 7.25. The molecule has 4 rings (SSSR count). The maximum Gasteiger partial charge on any atom is 0.264 e. The Morgan fingerprint density at radius 1 is 1.15 bits per heavy atom. The number of amidine groups is 1. The van der Waals surface area contributed by atoms with E-state index in [4.69, 9.17) is 11.6 Å². The Hall–Kier alpha value is -2.24. The van der Waals surface area contributed by atoms with E-state index < -0.39 is 0 Å². The SMILES string of the molecule is Cc1cc(N2CCCC2)ccc1/C=C1\SC(=Nc2ccc(Cl)cc2)NC1=O. The van der Waals surface area contributed by atoms with Gasteiger partial charge in [-0.05, 0) is 85.1 Å². The summed E-state index contributed by atoms with van der Waals surface area (Å²) < 4.78 is 0. The van der Waals surface area contributed by atoms with Gasteiger partial charge in [0.15, 0.2) is 5.17 Å². The number of carbonyl (C=O) groups is 1. The summed E-state index contributed by atoms with van der Waals surface area (Å²) in [6.45, 7) is 4.34. The van der Waals surface area contributed by atoms with Gasteiger partial charge in [0.2, 0.25) is 0 Å². The number of carbonyl (C=O) groups excluding carboxylic acids is 1. The number of aryl methyl sites for hydroxylation is 1.